The first kappa shape index (κ1) is 17.5. The fourth-order valence-corrected chi connectivity index (χ4v) is 3.34. The number of carbonyl (C=O) groups is 2. The fraction of sp³-hybridized carbons (Fsp3) is 0.300. The number of hydrogen-bond acceptors (Lipinski definition) is 3. The summed E-state index contributed by atoms with van der Waals surface area (Å²) in [4.78, 5) is 24.0. The first-order valence-electron chi connectivity index (χ1n) is 8.39. The summed E-state index contributed by atoms with van der Waals surface area (Å²) < 4.78 is 5.08. The van der Waals surface area contributed by atoms with E-state index in [0.29, 0.717) is 10.6 Å². The first-order valence-corrected chi connectivity index (χ1v) is 8.77. The van der Waals surface area contributed by atoms with Gasteiger partial charge in [-0.25, -0.2) is 0 Å². The number of aryl methyl sites for hydroxylation is 1. The van der Waals surface area contributed by atoms with Crippen LogP contribution in [0.4, 0.5) is 0 Å². The number of amides is 1. The van der Waals surface area contributed by atoms with E-state index in [1.165, 1.54) is 5.56 Å². The topological polar surface area (TPSA) is 55.4 Å². The Morgan fingerprint density at radius 2 is 1.88 bits per heavy atom. The Balaban J connectivity index is 1.50. The zero-order valence-electron chi connectivity index (χ0n) is 13.8. The summed E-state index contributed by atoms with van der Waals surface area (Å²) in [5.74, 6) is -0.749. The predicted molar refractivity (Wildman–Crippen MR) is 96.4 cm³/mol. The second-order valence-electron chi connectivity index (χ2n) is 6.14. The summed E-state index contributed by atoms with van der Waals surface area (Å²) in [6, 6.07) is 15.2. The highest BCUT2D eigenvalue weighted by molar-refractivity contribution is 6.31. The molecule has 25 heavy (non-hydrogen) atoms. The van der Waals surface area contributed by atoms with Crippen LogP contribution >= 0.6 is 11.6 Å². The lowest BCUT2D eigenvalue weighted by molar-refractivity contribution is -0.148. The van der Waals surface area contributed by atoms with Gasteiger partial charge in [-0.3, -0.25) is 9.59 Å². The van der Waals surface area contributed by atoms with Crippen LogP contribution in [0.25, 0.3) is 0 Å². The van der Waals surface area contributed by atoms with Crippen molar-refractivity contribution in [3.8, 4) is 0 Å². The minimum Gasteiger partial charge on any atom is -0.455 e. The average molecular weight is 358 g/mol. The van der Waals surface area contributed by atoms with E-state index in [1.807, 2.05) is 24.3 Å². The Bertz CT molecular complexity index is 775. The SMILES string of the molecule is O=C(COC(=O)Cc1ccccc1Cl)NC1CCCc2ccccc21. The van der Waals surface area contributed by atoms with Gasteiger partial charge in [0.1, 0.15) is 0 Å². The summed E-state index contributed by atoms with van der Waals surface area (Å²) in [6.45, 7) is -0.276. The van der Waals surface area contributed by atoms with Gasteiger partial charge in [0.25, 0.3) is 5.91 Å². The highest BCUT2D eigenvalue weighted by atomic mass is 35.5. The van der Waals surface area contributed by atoms with Crippen LogP contribution in [-0.4, -0.2) is 18.5 Å². The molecular formula is C20H20ClNO3. The molecule has 0 bridgehead atoms. The Morgan fingerprint density at radius 1 is 1.12 bits per heavy atom. The monoisotopic (exact) mass is 357 g/mol. The minimum absolute atomic E-state index is 0.0141. The van der Waals surface area contributed by atoms with Gasteiger partial charge < -0.3 is 10.1 Å². The molecular weight excluding hydrogens is 338 g/mol. The number of esters is 1. The van der Waals surface area contributed by atoms with Gasteiger partial charge in [0.15, 0.2) is 6.61 Å². The van der Waals surface area contributed by atoms with Gasteiger partial charge >= 0.3 is 5.97 Å². The number of rotatable bonds is 5. The Kier molecular flexibility index (Phi) is 5.71. The van der Waals surface area contributed by atoms with Crippen LogP contribution in [0.1, 0.15) is 35.6 Å². The normalized spacial score (nSPS) is 16.0. The molecule has 1 amide bonds. The van der Waals surface area contributed by atoms with Crippen molar-refractivity contribution in [3.63, 3.8) is 0 Å². The van der Waals surface area contributed by atoms with Crippen molar-refractivity contribution >= 4 is 23.5 Å². The van der Waals surface area contributed by atoms with Gasteiger partial charge in [-0.05, 0) is 42.0 Å². The van der Waals surface area contributed by atoms with Gasteiger partial charge in [0.2, 0.25) is 0 Å². The van der Waals surface area contributed by atoms with E-state index >= 15 is 0 Å². The van der Waals surface area contributed by atoms with Crippen molar-refractivity contribution in [1.82, 2.24) is 5.32 Å². The second kappa shape index (κ2) is 8.17. The van der Waals surface area contributed by atoms with Crippen molar-refractivity contribution in [2.75, 3.05) is 6.61 Å². The maximum Gasteiger partial charge on any atom is 0.310 e. The molecule has 0 aromatic heterocycles. The highest BCUT2D eigenvalue weighted by Crippen LogP contribution is 2.29. The van der Waals surface area contributed by atoms with Gasteiger partial charge in [-0.15, -0.1) is 0 Å². The molecule has 1 unspecified atom stereocenters. The number of carbonyl (C=O) groups excluding carboxylic acids is 2. The van der Waals surface area contributed by atoms with Crippen LogP contribution in [0.5, 0.6) is 0 Å². The number of nitrogens with one attached hydrogen (secondary N) is 1. The van der Waals surface area contributed by atoms with E-state index in [4.69, 9.17) is 16.3 Å². The molecule has 3 rings (SSSR count). The molecule has 0 spiro atoms. The van der Waals surface area contributed by atoms with E-state index in [9.17, 15) is 9.59 Å². The summed E-state index contributed by atoms with van der Waals surface area (Å²) in [7, 11) is 0. The van der Waals surface area contributed by atoms with Crippen LogP contribution in [0, 0.1) is 0 Å². The molecule has 0 saturated heterocycles. The van der Waals surface area contributed by atoms with Crippen molar-refractivity contribution in [2.45, 2.75) is 31.7 Å². The van der Waals surface area contributed by atoms with Crippen LogP contribution in [-0.2, 0) is 27.2 Å². The van der Waals surface area contributed by atoms with Gasteiger partial charge in [-0.2, -0.15) is 0 Å². The van der Waals surface area contributed by atoms with Crippen molar-refractivity contribution in [1.29, 1.82) is 0 Å². The molecule has 1 aliphatic rings. The number of halogens is 1. The summed E-state index contributed by atoms with van der Waals surface area (Å²) in [6.07, 6.45) is 3.03. The van der Waals surface area contributed by atoms with Crippen molar-refractivity contribution in [2.24, 2.45) is 0 Å². The Hall–Kier alpha value is -2.33. The molecule has 2 aromatic carbocycles. The second-order valence-corrected chi connectivity index (χ2v) is 6.55. The molecule has 0 aliphatic heterocycles. The number of fused-ring (bicyclic) bond motifs is 1. The summed E-state index contributed by atoms with van der Waals surface area (Å²) >= 11 is 6.02. The van der Waals surface area contributed by atoms with E-state index in [2.05, 4.69) is 11.4 Å². The molecule has 5 heteroatoms. The lowest BCUT2D eigenvalue weighted by Crippen LogP contribution is -2.34. The third kappa shape index (κ3) is 4.60. The lowest BCUT2D eigenvalue weighted by Gasteiger charge is -2.26. The number of benzene rings is 2. The van der Waals surface area contributed by atoms with Crippen LogP contribution < -0.4 is 5.32 Å². The molecule has 0 saturated carbocycles. The van der Waals surface area contributed by atoms with E-state index in [1.54, 1.807) is 18.2 Å². The quantitative estimate of drug-likeness (QED) is 0.831. The maximum absolute atomic E-state index is 12.1. The molecule has 130 valence electrons. The van der Waals surface area contributed by atoms with Gasteiger partial charge in [-0.1, -0.05) is 54.1 Å². The predicted octanol–water partition coefficient (Wildman–Crippen LogP) is 3.62. The number of hydrogen-bond donors (Lipinski definition) is 1. The lowest BCUT2D eigenvalue weighted by atomic mass is 9.88. The molecule has 1 aliphatic carbocycles. The van der Waals surface area contributed by atoms with E-state index in [0.717, 1.165) is 24.8 Å². The van der Waals surface area contributed by atoms with Crippen molar-refractivity contribution in [3.05, 3.63) is 70.2 Å². The van der Waals surface area contributed by atoms with Crippen molar-refractivity contribution < 1.29 is 14.3 Å². The standard InChI is InChI=1S/C20H20ClNO3/c21-17-10-4-2-7-15(17)12-20(24)25-13-19(23)22-18-11-5-8-14-6-1-3-9-16(14)18/h1-4,6-7,9-10,18H,5,8,11-13H2,(H,22,23). The molecule has 0 fully saturated rings. The Morgan fingerprint density at radius 3 is 2.72 bits per heavy atom. The first-order chi connectivity index (χ1) is 12.1. The van der Waals surface area contributed by atoms with Crippen LogP contribution in [0.3, 0.4) is 0 Å². The smallest absolute Gasteiger partial charge is 0.310 e. The molecule has 2 aromatic rings. The molecule has 1 atom stereocenters. The van der Waals surface area contributed by atoms with E-state index < -0.39 is 5.97 Å². The molecule has 0 radical (unpaired) electrons. The third-order valence-electron chi connectivity index (χ3n) is 4.36. The summed E-state index contributed by atoms with van der Waals surface area (Å²) in [5, 5.41) is 3.48. The zero-order valence-corrected chi connectivity index (χ0v) is 14.6. The fourth-order valence-electron chi connectivity index (χ4n) is 3.13. The summed E-state index contributed by atoms with van der Waals surface area (Å²) in [5.41, 5.74) is 3.12. The number of ether oxygens (including phenoxy) is 1. The van der Waals surface area contributed by atoms with Gasteiger partial charge in [0.05, 0.1) is 12.5 Å². The minimum atomic E-state index is -0.465. The largest absolute Gasteiger partial charge is 0.455 e. The average Bonchev–Trinajstić information content (AvgIpc) is 2.62. The third-order valence-corrected chi connectivity index (χ3v) is 4.73. The van der Waals surface area contributed by atoms with E-state index in [-0.39, 0.29) is 25.0 Å². The zero-order chi connectivity index (χ0) is 17.6. The van der Waals surface area contributed by atoms with Crippen LogP contribution in [0.2, 0.25) is 5.02 Å². The Labute approximate surface area is 152 Å². The van der Waals surface area contributed by atoms with Crippen LogP contribution in [0.15, 0.2) is 48.5 Å². The maximum atomic E-state index is 12.1. The molecule has 1 N–H and O–H groups in total. The highest BCUT2D eigenvalue weighted by Gasteiger charge is 2.21. The molecule has 4 nitrogen and oxygen atoms in total. The molecule has 0 heterocycles. The van der Waals surface area contributed by atoms with Gasteiger partial charge in [0, 0.05) is 5.02 Å².